The van der Waals surface area contributed by atoms with E-state index in [2.05, 4.69) is 10.2 Å². The predicted octanol–water partition coefficient (Wildman–Crippen LogP) is 2.79. The number of nitrogens with one attached hydrogen (secondary N) is 1. The van der Waals surface area contributed by atoms with Crippen molar-refractivity contribution < 1.29 is 18.7 Å². The normalized spacial score (nSPS) is 16.1. The molecule has 0 bridgehead atoms. The minimum atomic E-state index is -0.416. The van der Waals surface area contributed by atoms with Crippen molar-refractivity contribution in [2.75, 3.05) is 19.9 Å². The molecule has 0 radical (unpaired) electrons. The van der Waals surface area contributed by atoms with Crippen molar-refractivity contribution in [3.63, 3.8) is 0 Å². The second-order valence-corrected chi connectivity index (χ2v) is 8.01. The van der Waals surface area contributed by atoms with E-state index in [-0.39, 0.29) is 29.6 Å². The van der Waals surface area contributed by atoms with E-state index in [9.17, 15) is 9.59 Å². The largest absolute Gasteiger partial charge is 0.454 e. The van der Waals surface area contributed by atoms with Crippen molar-refractivity contribution in [1.82, 2.24) is 10.2 Å². The summed E-state index contributed by atoms with van der Waals surface area (Å²) in [6.07, 6.45) is 1.60. The van der Waals surface area contributed by atoms with E-state index in [0.29, 0.717) is 10.9 Å². The van der Waals surface area contributed by atoms with Crippen LogP contribution in [0.1, 0.15) is 34.5 Å². The fourth-order valence-electron chi connectivity index (χ4n) is 4.13. The molecule has 162 valence electrons. The molecule has 0 saturated carbocycles. The van der Waals surface area contributed by atoms with E-state index in [1.807, 2.05) is 24.3 Å². The van der Waals surface area contributed by atoms with Gasteiger partial charge in [0.15, 0.2) is 22.7 Å². The number of benzene rings is 2. The number of hydrogen-bond donors (Lipinski definition) is 1. The number of fused-ring (bicyclic) bond motifs is 2. The summed E-state index contributed by atoms with van der Waals surface area (Å²) in [4.78, 5) is 27.4. The smallest absolute Gasteiger partial charge is 0.287 e. The molecule has 0 atom stereocenters. The lowest BCUT2D eigenvalue weighted by Crippen LogP contribution is -2.44. The Morgan fingerprint density at radius 3 is 2.72 bits per heavy atom. The highest BCUT2D eigenvalue weighted by Gasteiger charge is 2.23. The number of nitrogens with zero attached hydrogens (tertiary/aromatic N) is 2. The van der Waals surface area contributed by atoms with Gasteiger partial charge in [-0.3, -0.25) is 14.5 Å². The standard InChI is InChI=1S/C24H21N3O5/c25-12-15-1-3-18-19(28)11-23(32-21(18)9-15)24(29)26-17-5-7-27(8-6-17)13-16-2-4-20-22(10-16)31-14-30-20/h1-4,9-11,17H,5-8,13-14H2,(H,26,29). The zero-order valence-corrected chi connectivity index (χ0v) is 17.3. The van der Waals surface area contributed by atoms with Gasteiger partial charge in [0.25, 0.3) is 5.91 Å². The van der Waals surface area contributed by atoms with Gasteiger partial charge in [-0.1, -0.05) is 6.07 Å². The summed E-state index contributed by atoms with van der Waals surface area (Å²) in [6, 6.07) is 13.8. The van der Waals surface area contributed by atoms with Crippen LogP contribution in [0, 0.1) is 11.3 Å². The molecule has 1 saturated heterocycles. The van der Waals surface area contributed by atoms with Crippen molar-refractivity contribution in [2.45, 2.75) is 25.4 Å². The van der Waals surface area contributed by atoms with Gasteiger partial charge >= 0.3 is 0 Å². The van der Waals surface area contributed by atoms with Gasteiger partial charge in [0.1, 0.15) is 5.58 Å². The second-order valence-electron chi connectivity index (χ2n) is 8.01. The molecule has 2 aliphatic heterocycles. The Labute approximate surface area is 184 Å². The van der Waals surface area contributed by atoms with Crippen LogP contribution < -0.4 is 20.2 Å². The summed E-state index contributed by atoms with van der Waals surface area (Å²) in [6.45, 7) is 2.75. The number of carbonyl (C=O) groups is 1. The van der Waals surface area contributed by atoms with Crippen molar-refractivity contribution >= 4 is 16.9 Å². The maximum atomic E-state index is 12.7. The SMILES string of the molecule is N#Cc1ccc2c(=O)cc(C(=O)NC3CCN(Cc4ccc5c(c4)OCO5)CC3)oc2c1. The molecule has 32 heavy (non-hydrogen) atoms. The summed E-state index contributed by atoms with van der Waals surface area (Å²) < 4.78 is 16.4. The third-order valence-corrected chi connectivity index (χ3v) is 5.85. The highest BCUT2D eigenvalue weighted by atomic mass is 16.7. The zero-order valence-electron chi connectivity index (χ0n) is 17.3. The fraction of sp³-hybridized carbons (Fsp3) is 0.292. The summed E-state index contributed by atoms with van der Waals surface area (Å²) >= 11 is 0. The van der Waals surface area contributed by atoms with Crippen LogP contribution in [0.25, 0.3) is 11.0 Å². The molecule has 0 aliphatic carbocycles. The number of ether oxygens (including phenoxy) is 2. The van der Waals surface area contributed by atoms with Crippen molar-refractivity contribution in [3.05, 3.63) is 69.6 Å². The highest BCUT2D eigenvalue weighted by molar-refractivity contribution is 5.93. The molecule has 3 aromatic rings. The van der Waals surface area contributed by atoms with Gasteiger partial charge in [-0.05, 0) is 48.7 Å². The van der Waals surface area contributed by atoms with Crippen LogP contribution in [0.3, 0.4) is 0 Å². The minimum absolute atomic E-state index is 0.00180. The Morgan fingerprint density at radius 2 is 1.91 bits per heavy atom. The van der Waals surface area contributed by atoms with Gasteiger partial charge in [0, 0.05) is 31.7 Å². The van der Waals surface area contributed by atoms with Crippen molar-refractivity contribution in [2.24, 2.45) is 0 Å². The third kappa shape index (κ3) is 4.03. The first-order chi connectivity index (χ1) is 15.6. The van der Waals surface area contributed by atoms with Gasteiger partial charge in [-0.25, -0.2) is 0 Å². The lowest BCUT2D eigenvalue weighted by atomic mass is 10.0. The molecule has 5 rings (SSSR count). The monoisotopic (exact) mass is 431 g/mol. The van der Waals surface area contributed by atoms with Crippen LogP contribution in [0.5, 0.6) is 11.5 Å². The van der Waals surface area contributed by atoms with Crippen molar-refractivity contribution in [3.8, 4) is 17.6 Å². The average molecular weight is 431 g/mol. The number of nitriles is 1. The molecular formula is C24H21N3O5. The summed E-state index contributed by atoms with van der Waals surface area (Å²) in [7, 11) is 0. The molecule has 1 aromatic heterocycles. The Hall–Kier alpha value is -3.83. The Bertz CT molecular complexity index is 1290. The lowest BCUT2D eigenvalue weighted by Gasteiger charge is -2.32. The predicted molar refractivity (Wildman–Crippen MR) is 116 cm³/mol. The number of piperidine rings is 1. The van der Waals surface area contributed by atoms with Crippen LogP contribution in [-0.4, -0.2) is 36.7 Å². The Balaban J connectivity index is 1.20. The molecule has 0 unspecified atom stereocenters. The lowest BCUT2D eigenvalue weighted by molar-refractivity contribution is 0.0881. The van der Waals surface area contributed by atoms with E-state index in [1.165, 1.54) is 18.2 Å². The van der Waals surface area contributed by atoms with Crippen LogP contribution in [-0.2, 0) is 6.54 Å². The van der Waals surface area contributed by atoms with E-state index in [0.717, 1.165) is 49.5 Å². The summed E-state index contributed by atoms with van der Waals surface area (Å²) in [5.41, 5.74) is 1.46. The maximum Gasteiger partial charge on any atom is 0.287 e. The van der Waals surface area contributed by atoms with Gasteiger partial charge in [0.05, 0.1) is 17.0 Å². The van der Waals surface area contributed by atoms with E-state index < -0.39 is 5.91 Å². The maximum absolute atomic E-state index is 12.7. The number of amides is 1. The first-order valence-electron chi connectivity index (χ1n) is 10.5. The average Bonchev–Trinajstić information content (AvgIpc) is 3.28. The molecule has 0 spiro atoms. The van der Waals surface area contributed by atoms with Gasteiger partial charge in [0.2, 0.25) is 6.79 Å². The minimum Gasteiger partial charge on any atom is -0.454 e. The first-order valence-corrected chi connectivity index (χ1v) is 10.5. The zero-order chi connectivity index (χ0) is 22.1. The van der Waals surface area contributed by atoms with E-state index >= 15 is 0 Å². The van der Waals surface area contributed by atoms with Gasteiger partial charge in [-0.2, -0.15) is 5.26 Å². The molecule has 1 amide bonds. The molecule has 8 nitrogen and oxygen atoms in total. The van der Waals surface area contributed by atoms with E-state index in [1.54, 1.807) is 6.07 Å². The number of hydrogen-bond acceptors (Lipinski definition) is 7. The third-order valence-electron chi connectivity index (χ3n) is 5.85. The molecule has 3 heterocycles. The van der Waals surface area contributed by atoms with Crippen LogP contribution >= 0.6 is 0 Å². The Morgan fingerprint density at radius 1 is 1.09 bits per heavy atom. The molecule has 1 N–H and O–H groups in total. The van der Waals surface area contributed by atoms with Gasteiger partial charge < -0.3 is 19.2 Å². The Kier molecular flexibility index (Phi) is 5.25. The van der Waals surface area contributed by atoms with Gasteiger partial charge in [-0.15, -0.1) is 0 Å². The second kappa shape index (κ2) is 8.36. The number of rotatable bonds is 4. The first kappa shape index (κ1) is 20.1. The molecule has 8 heteroatoms. The molecule has 2 aliphatic rings. The molecule has 1 fully saturated rings. The molecule has 2 aromatic carbocycles. The number of carbonyl (C=O) groups excluding carboxylic acids is 1. The molecular weight excluding hydrogens is 410 g/mol. The summed E-state index contributed by atoms with van der Waals surface area (Å²) in [5, 5.41) is 12.4. The fourth-order valence-corrected chi connectivity index (χ4v) is 4.13. The highest BCUT2D eigenvalue weighted by Crippen LogP contribution is 2.33. The summed E-state index contributed by atoms with van der Waals surface area (Å²) in [5.74, 6) is 1.10. The topological polar surface area (TPSA) is 105 Å². The van der Waals surface area contributed by atoms with Crippen molar-refractivity contribution in [1.29, 1.82) is 5.26 Å². The van der Waals surface area contributed by atoms with Crippen LogP contribution in [0.2, 0.25) is 0 Å². The van der Waals surface area contributed by atoms with Crippen LogP contribution in [0.4, 0.5) is 0 Å². The van der Waals surface area contributed by atoms with E-state index in [4.69, 9.17) is 19.2 Å². The quantitative estimate of drug-likeness (QED) is 0.677. The van der Waals surface area contributed by atoms with Crippen LogP contribution in [0.15, 0.2) is 51.7 Å². The number of likely N-dealkylation sites (tertiary alicyclic amines) is 1.